The molecular formula is C29H30FNO4. The van der Waals surface area contributed by atoms with Crippen molar-refractivity contribution in [2.24, 2.45) is 5.92 Å². The molecule has 2 aliphatic heterocycles. The maximum Gasteiger partial charge on any atom is 0.150 e. The lowest BCUT2D eigenvalue weighted by molar-refractivity contribution is 0.0806. The Kier molecular flexibility index (Phi) is 6.39. The maximum absolute atomic E-state index is 14.2. The molecule has 1 fully saturated rings. The average molecular weight is 476 g/mol. The molecule has 0 radical (unpaired) electrons. The van der Waals surface area contributed by atoms with Gasteiger partial charge in [0.05, 0.1) is 0 Å². The van der Waals surface area contributed by atoms with Crippen LogP contribution in [-0.4, -0.2) is 41.4 Å². The molecule has 1 saturated heterocycles. The van der Waals surface area contributed by atoms with E-state index in [1.165, 1.54) is 18.6 Å². The minimum absolute atomic E-state index is 0.122. The lowest BCUT2D eigenvalue weighted by Gasteiger charge is -2.38. The summed E-state index contributed by atoms with van der Waals surface area (Å²) < 4.78 is 26.5. The van der Waals surface area contributed by atoms with Gasteiger partial charge < -0.3 is 19.7 Å². The average Bonchev–Trinajstić information content (AvgIpc) is 2.80. The predicted octanol–water partition coefficient (Wildman–Crippen LogP) is 6.02. The van der Waals surface area contributed by atoms with Crippen molar-refractivity contribution in [3.05, 3.63) is 83.2 Å². The summed E-state index contributed by atoms with van der Waals surface area (Å²) in [6.07, 6.45) is 0.716. The Morgan fingerprint density at radius 3 is 2.49 bits per heavy atom. The van der Waals surface area contributed by atoms with Gasteiger partial charge in [0.15, 0.2) is 0 Å². The number of benzene rings is 3. The monoisotopic (exact) mass is 475 g/mol. The number of aromatic hydroxyl groups is 2. The van der Waals surface area contributed by atoms with Crippen LogP contribution in [0, 0.1) is 11.7 Å². The molecule has 3 aromatic rings. The fraction of sp³-hybridized carbons (Fsp3) is 0.310. The molecule has 35 heavy (non-hydrogen) atoms. The van der Waals surface area contributed by atoms with Gasteiger partial charge in [0.1, 0.15) is 41.5 Å². The largest absolute Gasteiger partial charge is 0.508 e. The molecule has 5 nitrogen and oxygen atoms in total. The van der Waals surface area contributed by atoms with Gasteiger partial charge in [-0.05, 0) is 72.0 Å². The molecule has 2 heterocycles. The molecule has 0 spiro atoms. The first kappa shape index (κ1) is 23.2. The smallest absolute Gasteiger partial charge is 0.150 e. The summed E-state index contributed by atoms with van der Waals surface area (Å²) in [7, 11) is 0. The van der Waals surface area contributed by atoms with Crippen molar-refractivity contribution in [1.29, 1.82) is 0 Å². The van der Waals surface area contributed by atoms with Crippen LogP contribution >= 0.6 is 0 Å². The van der Waals surface area contributed by atoms with Crippen molar-refractivity contribution >= 4 is 11.1 Å². The first-order chi connectivity index (χ1) is 16.9. The second-order valence-corrected chi connectivity index (χ2v) is 9.37. The lowest BCUT2D eigenvalue weighted by Crippen LogP contribution is -2.47. The van der Waals surface area contributed by atoms with E-state index in [9.17, 15) is 14.6 Å². The molecule has 3 aromatic carbocycles. The second kappa shape index (κ2) is 9.62. The quantitative estimate of drug-likeness (QED) is 0.437. The molecule has 1 atom stereocenters. The number of ether oxygens (including phenoxy) is 2. The van der Waals surface area contributed by atoms with Crippen molar-refractivity contribution in [2.75, 3.05) is 26.2 Å². The fourth-order valence-electron chi connectivity index (χ4n) is 4.92. The molecular weight excluding hydrogens is 445 g/mol. The predicted molar refractivity (Wildman–Crippen MR) is 134 cm³/mol. The molecule has 0 aliphatic carbocycles. The van der Waals surface area contributed by atoms with Crippen LogP contribution < -0.4 is 9.47 Å². The highest BCUT2D eigenvalue weighted by atomic mass is 19.1. The fourth-order valence-corrected chi connectivity index (χ4v) is 4.92. The number of likely N-dealkylation sites (tertiary alicyclic amines) is 1. The third-order valence-corrected chi connectivity index (χ3v) is 6.94. The van der Waals surface area contributed by atoms with Crippen LogP contribution in [0.5, 0.6) is 23.0 Å². The zero-order chi connectivity index (χ0) is 24.5. The van der Waals surface area contributed by atoms with Crippen molar-refractivity contribution in [2.45, 2.75) is 26.4 Å². The molecule has 0 amide bonds. The summed E-state index contributed by atoms with van der Waals surface area (Å²) in [6, 6.07) is 16.7. The van der Waals surface area contributed by atoms with Gasteiger partial charge in [0.2, 0.25) is 0 Å². The molecule has 0 bridgehead atoms. The molecule has 2 aliphatic rings. The maximum atomic E-state index is 14.2. The molecule has 6 heteroatoms. The van der Waals surface area contributed by atoms with E-state index < -0.39 is 11.9 Å². The Morgan fingerprint density at radius 1 is 1.00 bits per heavy atom. The van der Waals surface area contributed by atoms with E-state index in [0.29, 0.717) is 17.9 Å². The highest BCUT2D eigenvalue weighted by Crippen LogP contribution is 2.47. The van der Waals surface area contributed by atoms with Crippen LogP contribution in [0.2, 0.25) is 0 Å². The summed E-state index contributed by atoms with van der Waals surface area (Å²) >= 11 is 0. The van der Waals surface area contributed by atoms with E-state index in [1.807, 2.05) is 31.2 Å². The van der Waals surface area contributed by atoms with E-state index in [1.54, 1.807) is 18.2 Å². The number of allylic oxidation sites excluding steroid dienone is 1. The van der Waals surface area contributed by atoms with Gasteiger partial charge in [-0.2, -0.15) is 0 Å². The van der Waals surface area contributed by atoms with Gasteiger partial charge in [-0.25, -0.2) is 4.39 Å². The third kappa shape index (κ3) is 4.84. The molecule has 5 rings (SSSR count). The van der Waals surface area contributed by atoms with E-state index in [0.717, 1.165) is 59.6 Å². The Hall–Kier alpha value is -3.51. The Labute approximate surface area is 205 Å². The zero-order valence-electron chi connectivity index (χ0n) is 20.0. The number of phenols is 2. The van der Waals surface area contributed by atoms with Gasteiger partial charge in [0, 0.05) is 36.8 Å². The Balaban J connectivity index is 1.40. The van der Waals surface area contributed by atoms with Gasteiger partial charge in [-0.1, -0.05) is 25.5 Å². The van der Waals surface area contributed by atoms with E-state index in [-0.39, 0.29) is 11.5 Å². The van der Waals surface area contributed by atoms with Crippen LogP contribution in [0.3, 0.4) is 0 Å². The number of phenolic OH excluding ortho intramolecular Hbond substituents is 2. The van der Waals surface area contributed by atoms with Crippen LogP contribution in [0.25, 0.3) is 11.1 Å². The minimum Gasteiger partial charge on any atom is -0.508 e. The lowest BCUT2D eigenvalue weighted by atomic mass is 9.86. The summed E-state index contributed by atoms with van der Waals surface area (Å²) in [4.78, 5) is 2.40. The van der Waals surface area contributed by atoms with Gasteiger partial charge in [0.25, 0.3) is 0 Å². The first-order valence-corrected chi connectivity index (χ1v) is 12.1. The van der Waals surface area contributed by atoms with E-state index >= 15 is 0 Å². The summed E-state index contributed by atoms with van der Waals surface area (Å²) in [6.45, 7) is 8.02. The van der Waals surface area contributed by atoms with Crippen LogP contribution in [0.15, 0.2) is 60.7 Å². The van der Waals surface area contributed by atoms with Crippen LogP contribution in [0.4, 0.5) is 4.39 Å². The summed E-state index contributed by atoms with van der Waals surface area (Å²) in [5, 5.41) is 20.1. The number of hydrogen-bond acceptors (Lipinski definition) is 5. The van der Waals surface area contributed by atoms with Crippen LogP contribution in [-0.2, 0) is 0 Å². The summed E-state index contributed by atoms with van der Waals surface area (Å²) in [5.74, 6) is 1.68. The second-order valence-electron chi connectivity index (χ2n) is 9.37. The zero-order valence-corrected chi connectivity index (χ0v) is 20.0. The van der Waals surface area contributed by atoms with Crippen molar-refractivity contribution < 1.29 is 24.1 Å². The van der Waals surface area contributed by atoms with Crippen molar-refractivity contribution in [1.82, 2.24) is 4.90 Å². The molecule has 0 aromatic heterocycles. The standard InChI is InChI=1S/C29H30FNO4/c1-3-19-16-31(17-19)10-11-34-25-7-4-20(5-8-25)29-28(21-12-22(30)14-24(33)13-21)18(2)26-15-23(32)6-9-27(26)35-29/h4-9,12-15,19,29,32-33H,3,10-11,16-17H2,1-2H3. The topological polar surface area (TPSA) is 62.2 Å². The van der Waals surface area contributed by atoms with E-state index in [4.69, 9.17) is 9.47 Å². The Morgan fingerprint density at radius 2 is 1.77 bits per heavy atom. The van der Waals surface area contributed by atoms with Crippen molar-refractivity contribution in [3.63, 3.8) is 0 Å². The normalized spacial score (nSPS) is 18.1. The molecule has 0 saturated carbocycles. The van der Waals surface area contributed by atoms with Crippen LogP contribution in [0.1, 0.15) is 43.1 Å². The summed E-state index contributed by atoms with van der Waals surface area (Å²) in [5.41, 5.74) is 3.71. The third-order valence-electron chi connectivity index (χ3n) is 6.94. The highest BCUT2D eigenvalue weighted by molar-refractivity contribution is 5.95. The van der Waals surface area contributed by atoms with Gasteiger partial charge >= 0.3 is 0 Å². The van der Waals surface area contributed by atoms with E-state index in [2.05, 4.69) is 11.8 Å². The van der Waals surface area contributed by atoms with Gasteiger partial charge in [-0.3, -0.25) is 4.90 Å². The number of hydrogen-bond donors (Lipinski definition) is 2. The number of fused-ring (bicyclic) bond motifs is 1. The highest BCUT2D eigenvalue weighted by Gasteiger charge is 2.30. The molecule has 182 valence electrons. The Bertz CT molecular complexity index is 1230. The van der Waals surface area contributed by atoms with Gasteiger partial charge in [-0.15, -0.1) is 0 Å². The van der Waals surface area contributed by atoms with Crippen molar-refractivity contribution in [3.8, 4) is 23.0 Å². The minimum atomic E-state index is -0.531. The number of halogens is 1. The number of rotatable bonds is 7. The SMILES string of the molecule is CCC1CN(CCOc2ccc(C3Oc4ccc(O)cc4C(C)=C3c3cc(O)cc(F)c3)cc2)C1. The number of nitrogens with zero attached hydrogens (tertiary/aromatic N) is 1. The molecule has 2 N–H and O–H groups in total. The first-order valence-electron chi connectivity index (χ1n) is 12.1. The molecule has 1 unspecified atom stereocenters.